The van der Waals surface area contributed by atoms with Crippen molar-refractivity contribution in [3.8, 4) is 0 Å². The largest absolute Gasteiger partial charge is 0.369 e. The number of hydrogen-bond acceptors (Lipinski definition) is 4. The molecule has 0 atom stereocenters. The number of nitrogens with zero attached hydrogens (tertiary/aromatic N) is 2. The van der Waals surface area contributed by atoms with Gasteiger partial charge < -0.3 is 16.4 Å². The zero-order valence-corrected chi connectivity index (χ0v) is 11.4. The maximum absolute atomic E-state index is 12.1. The molecule has 2 aliphatic rings. The van der Waals surface area contributed by atoms with Gasteiger partial charge in [0.15, 0.2) is 0 Å². The van der Waals surface area contributed by atoms with Gasteiger partial charge in [-0.05, 0) is 38.8 Å². The molecule has 4 N–H and O–H groups in total. The zero-order chi connectivity index (χ0) is 13.8. The summed E-state index contributed by atoms with van der Waals surface area (Å²) in [4.78, 5) is 27.2. The lowest BCUT2D eigenvalue weighted by atomic mass is 9.96. The number of rotatable bonds is 3. The van der Waals surface area contributed by atoms with Gasteiger partial charge in [0.2, 0.25) is 11.8 Å². The van der Waals surface area contributed by atoms with Crippen LogP contribution in [0.15, 0.2) is 0 Å². The molecule has 0 unspecified atom stereocenters. The Balaban J connectivity index is 1.73. The van der Waals surface area contributed by atoms with Crippen molar-refractivity contribution in [1.29, 1.82) is 0 Å². The summed E-state index contributed by atoms with van der Waals surface area (Å²) in [7, 11) is 0. The van der Waals surface area contributed by atoms with Crippen molar-refractivity contribution in [2.24, 2.45) is 17.4 Å². The first kappa shape index (κ1) is 14.3. The molecule has 108 valence electrons. The predicted molar refractivity (Wildman–Crippen MR) is 72.1 cm³/mol. The second-order valence-electron chi connectivity index (χ2n) is 5.67. The van der Waals surface area contributed by atoms with Crippen LogP contribution in [-0.2, 0) is 9.59 Å². The molecule has 0 aromatic heterocycles. The number of primary amides is 1. The van der Waals surface area contributed by atoms with Crippen LogP contribution in [0.5, 0.6) is 0 Å². The van der Waals surface area contributed by atoms with Gasteiger partial charge in [-0.15, -0.1) is 0 Å². The molecule has 2 aliphatic heterocycles. The number of carbonyl (C=O) groups excluding carboxylic acids is 2. The molecular weight excluding hydrogens is 244 g/mol. The van der Waals surface area contributed by atoms with E-state index in [0.717, 1.165) is 51.9 Å². The molecule has 2 rings (SSSR count). The number of piperidine rings is 2. The van der Waals surface area contributed by atoms with Crippen LogP contribution in [0.1, 0.15) is 25.7 Å². The third-order valence-corrected chi connectivity index (χ3v) is 4.24. The normalized spacial score (nSPS) is 23.5. The maximum atomic E-state index is 12.1. The van der Waals surface area contributed by atoms with Crippen LogP contribution in [0.2, 0.25) is 0 Å². The van der Waals surface area contributed by atoms with Gasteiger partial charge in [0.1, 0.15) is 0 Å². The van der Waals surface area contributed by atoms with Crippen LogP contribution in [-0.4, -0.2) is 60.4 Å². The van der Waals surface area contributed by atoms with Crippen molar-refractivity contribution < 1.29 is 9.59 Å². The van der Waals surface area contributed by atoms with E-state index in [1.807, 2.05) is 4.90 Å². The van der Waals surface area contributed by atoms with Gasteiger partial charge >= 0.3 is 0 Å². The molecule has 6 heteroatoms. The molecule has 2 saturated heterocycles. The topological polar surface area (TPSA) is 92.7 Å². The van der Waals surface area contributed by atoms with Crippen LogP contribution in [0.4, 0.5) is 0 Å². The minimum atomic E-state index is -0.212. The van der Waals surface area contributed by atoms with Gasteiger partial charge in [0.05, 0.1) is 6.54 Å². The molecular formula is C13H24N4O2. The molecule has 6 nitrogen and oxygen atoms in total. The van der Waals surface area contributed by atoms with Gasteiger partial charge in [0.25, 0.3) is 0 Å². The highest BCUT2D eigenvalue weighted by Gasteiger charge is 2.26. The van der Waals surface area contributed by atoms with Crippen LogP contribution >= 0.6 is 0 Å². The summed E-state index contributed by atoms with van der Waals surface area (Å²) >= 11 is 0. The maximum Gasteiger partial charge on any atom is 0.236 e. The van der Waals surface area contributed by atoms with Gasteiger partial charge in [-0.2, -0.15) is 0 Å². The zero-order valence-electron chi connectivity index (χ0n) is 11.4. The standard InChI is InChI=1S/C13H24N4O2/c14-11-3-7-17(8-4-11)12(18)9-16-5-1-10(2-6-16)13(15)19/h10-11H,1-9,14H2,(H2,15,19). The number of hydrogen-bond donors (Lipinski definition) is 2. The highest BCUT2D eigenvalue weighted by Crippen LogP contribution is 2.17. The molecule has 2 heterocycles. The van der Waals surface area contributed by atoms with Crippen molar-refractivity contribution in [3.63, 3.8) is 0 Å². The van der Waals surface area contributed by atoms with Crippen LogP contribution in [0.25, 0.3) is 0 Å². The molecule has 2 amide bonds. The Hall–Kier alpha value is -1.14. The summed E-state index contributed by atoms with van der Waals surface area (Å²) < 4.78 is 0. The van der Waals surface area contributed by atoms with Crippen LogP contribution in [0.3, 0.4) is 0 Å². The summed E-state index contributed by atoms with van der Waals surface area (Å²) in [6, 6.07) is 0.246. The first-order valence-corrected chi connectivity index (χ1v) is 7.11. The lowest BCUT2D eigenvalue weighted by Crippen LogP contribution is -2.48. The van der Waals surface area contributed by atoms with Gasteiger partial charge in [-0.3, -0.25) is 14.5 Å². The van der Waals surface area contributed by atoms with Gasteiger partial charge in [-0.1, -0.05) is 0 Å². The van der Waals surface area contributed by atoms with Gasteiger partial charge in [0, 0.05) is 25.0 Å². The summed E-state index contributed by atoms with van der Waals surface area (Å²) in [5.74, 6) is -0.0419. The molecule has 19 heavy (non-hydrogen) atoms. The third-order valence-electron chi connectivity index (χ3n) is 4.24. The Morgan fingerprint density at radius 2 is 1.58 bits per heavy atom. The Morgan fingerprint density at radius 3 is 2.11 bits per heavy atom. The summed E-state index contributed by atoms with van der Waals surface area (Å²) in [6.45, 7) is 3.58. The highest BCUT2D eigenvalue weighted by molar-refractivity contribution is 5.79. The van der Waals surface area contributed by atoms with E-state index in [0.29, 0.717) is 6.54 Å². The Morgan fingerprint density at radius 1 is 1.00 bits per heavy atom. The van der Waals surface area contributed by atoms with E-state index in [4.69, 9.17) is 11.5 Å². The molecule has 0 aliphatic carbocycles. The SMILES string of the molecule is NC(=O)C1CCN(CC(=O)N2CCC(N)CC2)CC1. The molecule has 0 saturated carbocycles. The van der Waals surface area contributed by atoms with E-state index < -0.39 is 0 Å². The monoisotopic (exact) mass is 268 g/mol. The first-order chi connectivity index (χ1) is 9.06. The van der Waals surface area contributed by atoms with E-state index in [2.05, 4.69) is 4.90 Å². The van der Waals surface area contributed by atoms with Crippen LogP contribution < -0.4 is 11.5 Å². The minimum Gasteiger partial charge on any atom is -0.369 e. The lowest BCUT2D eigenvalue weighted by Gasteiger charge is -2.34. The highest BCUT2D eigenvalue weighted by atomic mass is 16.2. The number of amides is 2. The van der Waals surface area contributed by atoms with Gasteiger partial charge in [-0.25, -0.2) is 0 Å². The summed E-state index contributed by atoms with van der Waals surface area (Å²) in [5, 5.41) is 0. The van der Waals surface area contributed by atoms with E-state index >= 15 is 0 Å². The Bertz CT molecular complexity index is 332. The second kappa shape index (κ2) is 6.34. The molecule has 0 aromatic carbocycles. The van der Waals surface area contributed by atoms with Crippen molar-refractivity contribution >= 4 is 11.8 Å². The molecule has 0 radical (unpaired) electrons. The first-order valence-electron chi connectivity index (χ1n) is 7.11. The molecule has 0 bridgehead atoms. The fourth-order valence-electron chi connectivity index (χ4n) is 2.82. The van der Waals surface area contributed by atoms with E-state index in [9.17, 15) is 9.59 Å². The van der Waals surface area contributed by atoms with E-state index in [-0.39, 0.29) is 23.8 Å². The summed E-state index contributed by atoms with van der Waals surface area (Å²) in [6.07, 6.45) is 3.34. The number of likely N-dealkylation sites (tertiary alicyclic amines) is 2. The smallest absolute Gasteiger partial charge is 0.236 e. The predicted octanol–water partition coefficient (Wildman–Crippen LogP) is -0.867. The van der Waals surface area contributed by atoms with Crippen molar-refractivity contribution in [3.05, 3.63) is 0 Å². The van der Waals surface area contributed by atoms with Crippen molar-refractivity contribution in [1.82, 2.24) is 9.80 Å². The fraction of sp³-hybridized carbons (Fsp3) is 0.846. The molecule has 0 aromatic rings. The fourth-order valence-corrected chi connectivity index (χ4v) is 2.82. The lowest BCUT2D eigenvalue weighted by molar-refractivity contribution is -0.133. The van der Waals surface area contributed by atoms with Crippen molar-refractivity contribution in [2.45, 2.75) is 31.7 Å². The van der Waals surface area contributed by atoms with Crippen LogP contribution in [0, 0.1) is 5.92 Å². The third kappa shape index (κ3) is 3.91. The quantitative estimate of drug-likeness (QED) is 0.696. The van der Waals surface area contributed by atoms with Crippen molar-refractivity contribution in [2.75, 3.05) is 32.7 Å². The minimum absolute atomic E-state index is 0.0145. The Kier molecular flexibility index (Phi) is 4.76. The average Bonchev–Trinajstić information content (AvgIpc) is 2.40. The number of carbonyl (C=O) groups is 2. The molecule has 0 spiro atoms. The second-order valence-corrected chi connectivity index (χ2v) is 5.67. The Labute approximate surface area is 114 Å². The molecule has 2 fully saturated rings. The van der Waals surface area contributed by atoms with E-state index in [1.54, 1.807) is 0 Å². The average molecular weight is 268 g/mol. The summed E-state index contributed by atoms with van der Waals surface area (Å²) in [5.41, 5.74) is 11.1. The van der Waals surface area contributed by atoms with E-state index in [1.165, 1.54) is 0 Å². The number of nitrogens with two attached hydrogens (primary N) is 2.